The SMILES string of the molecule is COc1c(C)cnc(CN(C)C(=O)c2ccc(S(=O)(=O)N3CCCCC3C)cc2)c1C. The van der Waals surface area contributed by atoms with Crippen LogP contribution in [0.3, 0.4) is 0 Å². The van der Waals surface area contributed by atoms with Crippen LogP contribution in [-0.2, 0) is 16.6 Å². The molecule has 0 bridgehead atoms. The van der Waals surface area contributed by atoms with Gasteiger partial charge in [-0.15, -0.1) is 0 Å². The smallest absolute Gasteiger partial charge is 0.253 e. The first-order chi connectivity index (χ1) is 14.7. The van der Waals surface area contributed by atoms with Crippen LogP contribution in [-0.4, -0.2) is 55.3 Å². The molecule has 0 aliphatic carbocycles. The van der Waals surface area contributed by atoms with Gasteiger partial charge in [0.2, 0.25) is 10.0 Å². The maximum absolute atomic E-state index is 13.0. The summed E-state index contributed by atoms with van der Waals surface area (Å²) in [6.07, 6.45) is 4.54. The number of carbonyl (C=O) groups excluding carboxylic acids is 1. The lowest BCUT2D eigenvalue weighted by molar-refractivity contribution is 0.0783. The molecular formula is C23H31N3O4S. The van der Waals surface area contributed by atoms with E-state index in [1.54, 1.807) is 41.7 Å². The molecule has 1 aromatic carbocycles. The predicted octanol–water partition coefficient (Wildman–Crippen LogP) is 3.54. The van der Waals surface area contributed by atoms with Crippen molar-refractivity contribution in [2.45, 2.75) is 57.5 Å². The molecule has 0 spiro atoms. The number of hydrogen-bond donors (Lipinski definition) is 0. The van der Waals surface area contributed by atoms with E-state index in [-0.39, 0.29) is 16.8 Å². The third-order valence-corrected chi connectivity index (χ3v) is 7.96. The molecule has 168 valence electrons. The molecule has 31 heavy (non-hydrogen) atoms. The van der Waals surface area contributed by atoms with Crippen LogP contribution in [0.15, 0.2) is 35.4 Å². The van der Waals surface area contributed by atoms with Gasteiger partial charge in [0.25, 0.3) is 5.91 Å². The van der Waals surface area contributed by atoms with E-state index < -0.39 is 10.0 Å². The van der Waals surface area contributed by atoms with E-state index in [2.05, 4.69) is 4.98 Å². The number of aryl methyl sites for hydroxylation is 1. The lowest BCUT2D eigenvalue weighted by atomic mass is 10.1. The second kappa shape index (κ2) is 9.36. The van der Waals surface area contributed by atoms with Gasteiger partial charge in [0.1, 0.15) is 5.75 Å². The van der Waals surface area contributed by atoms with E-state index in [1.165, 1.54) is 12.1 Å². The van der Waals surface area contributed by atoms with Gasteiger partial charge in [0.15, 0.2) is 0 Å². The minimum atomic E-state index is -3.56. The Kier molecular flexibility index (Phi) is 7.01. The minimum absolute atomic E-state index is 0.00608. The van der Waals surface area contributed by atoms with Crippen molar-refractivity contribution in [1.82, 2.24) is 14.2 Å². The number of aromatic nitrogens is 1. The summed E-state index contributed by atoms with van der Waals surface area (Å²) in [5.74, 6) is 0.573. The number of hydrogen-bond acceptors (Lipinski definition) is 5. The third-order valence-electron chi connectivity index (χ3n) is 5.93. The monoisotopic (exact) mass is 445 g/mol. The molecule has 1 saturated heterocycles. The van der Waals surface area contributed by atoms with Gasteiger partial charge >= 0.3 is 0 Å². The number of nitrogens with zero attached hydrogens (tertiary/aromatic N) is 3. The van der Waals surface area contributed by atoms with Crippen molar-refractivity contribution in [3.05, 3.63) is 52.8 Å². The Morgan fingerprint density at radius 2 is 1.90 bits per heavy atom. The molecule has 7 nitrogen and oxygen atoms in total. The first-order valence-corrected chi connectivity index (χ1v) is 12.0. The van der Waals surface area contributed by atoms with Crippen LogP contribution in [0.1, 0.15) is 53.4 Å². The summed E-state index contributed by atoms with van der Waals surface area (Å²) in [5.41, 5.74) is 3.04. The second-order valence-electron chi connectivity index (χ2n) is 8.19. The van der Waals surface area contributed by atoms with Gasteiger partial charge in [-0.1, -0.05) is 6.42 Å². The molecule has 1 fully saturated rings. The van der Waals surface area contributed by atoms with E-state index in [9.17, 15) is 13.2 Å². The number of ether oxygens (including phenoxy) is 1. The average molecular weight is 446 g/mol. The van der Waals surface area contributed by atoms with E-state index in [4.69, 9.17) is 4.74 Å². The van der Waals surface area contributed by atoms with Crippen LogP contribution in [0.25, 0.3) is 0 Å². The lowest BCUT2D eigenvalue weighted by Gasteiger charge is -2.32. The number of methoxy groups -OCH3 is 1. The van der Waals surface area contributed by atoms with Crippen LogP contribution < -0.4 is 4.74 Å². The Bertz CT molecular complexity index is 1050. The quantitative estimate of drug-likeness (QED) is 0.679. The summed E-state index contributed by atoms with van der Waals surface area (Å²) in [6, 6.07) is 6.20. The maximum atomic E-state index is 13.0. The Balaban J connectivity index is 1.76. The van der Waals surface area contributed by atoms with Crippen LogP contribution in [0.4, 0.5) is 0 Å². The molecule has 8 heteroatoms. The van der Waals surface area contributed by atoms with Gasteiger partial charge in [-0.05, 0) is 57.9 Å². The van der Waals surface area contributed by atoms with Crippen molar-refractivity contribution in [3.8, 4) is 5.75 Å². The summed E-state index contributed by atoms with van der Waals surface area (Å²) < 4.78 is 33.0. The molecule has 2 aromatic rings. The van der Waals surface area contributed by atoms with Gasteiger partial charge < -0.3 is 9.64 Å². The van der Waals surface area contributed by atoms with Crippen molar-refractivity contribution < 1.29 is 17.9 Å². The van der Waals surface area contributed by atoms with Crippen LogP contribution in [0.5, 0.6) is 5.75 Å². The predicted molar refractivity (Wildman–Crippen MR) is 120 cm³/mol. The zero-order valence-corrected chi connectivity index (χ0v) is 19.7. The van der Waals surface area contributed by atoms with Crippen molar-refractivity contribution in [1.29, 1.82) is 0 Å². The Hall–Kier alpha value is -2.45. The first kappa shape index (κ1) is 23.2. The molecule has 1 amide bonds. The van der Waals surface area contributed by atoms with Crippen molar-refractivity contribution in [2.75, 3.05) is 20.7 Å². The van der Waals surface area contributed by atoms with Crippen LogP contribution >= 0.6 is 0 Å². The van der Waals surface area contributed by atoms with Gasteiger partial charge in [-0.3, -0.25) is 9.78 Å². The summed E-state index contributed by atoms with van der Waals surface area (Å²) in [5, 5.41) is 0. The molecule has 1 aliphatic rings. The molecule has 0 radical (unpaired) electrons. The number of carbonyl (C=O) groups is 1. The molecule has 0 saturated carbocycles. The van der Waals surface area contributed by atoms with E-state index in [0.29, 0.717) is 18.7 Å². The average Bonchev–Trinajstić information content (AvgIpc) is 2.75. The molecule has 1 unspecified atom stereocenters. The van der Waals surface area contributed by atoms with Gasteiger partial charge in [-0.2, -0.15) is 4.31 Å². The fourth-order valence-electron chi connectivity index (χ4n) is 4.08. The molecule has 3 rings (SSSR count). The van der Waals surface area contributed by atoms with Crippen molar-refractivity contribution in [3.63, 3.8) is 0 Å². The maximum Gasteiger partial charge on any atom is 0.253 e. The molecular weight excluding hydrogens is 414 g/mol. The third kappa shape index (κ3) is 4.75. The first-order valence-electron chi connectivity index (χ1n) is 10.5. The summed E-state index contributed by atoms with van der Waals surface area (Å²) in [4.78, 5) is 19.1. The highest BCUT2D eigenvalue weighted by atomic mass is 32.2. The summed E-state index contributed by atoms with van der Waals surface area (Å²) in [7, 11) is -0.232. The summed E-state index contributed by atoms with van der Waals surface area (Å²) >= 11 is 0. The van der Waals surface area contributed by atoms with Gasteiger partial charge in [-0.25, -0.2) is 8.42 Å². The number of benzene rings is 1. The largest absolute Gasteiger partial charge is 0.496 e. The van der Waals surface area contributed by atoms with E-state index in [0.717, 1.165) is 41.8 Å². The number of pyridine rings is 1. The van der Waals surface area contributed by atoms with Crippen molar-refractivity contribution in [2.24, 2.45) is 0 Å². The topological polar surface area (TPSA) is 79.8 Å². The minimum Gasteiger partial charge on any atom is -0.496 e. The molecule has 0 N–H and O–H groups in total. The highest BCUT2D eigenvalue weighted by molar-refractivity contribution is 7.89. The van der Waals surface area contributed by atoms with Crippen molar-refractivity contribution >= 4 is 15.9 Å². The second-order valence-corrected chi connectivity index (χ2v) is 10.1. The summed E-state index contributed by atoms with van der Waals surface area (Å²) in [6.45, 7) is 6.66. The molecule has 1 aliphatic heterocycles. The molecule has 2 heterocycles. The highest BCUT2D eigenvalue weighted by Crippen LogP contribution is 2.26. The normalized spacial score (nSPS) is 17.4. The zero-order valence-electron chi connectivity index (χ0n) is 18.9. The Labute approximate surface area is 185 Å². The standard InChI is InChI=1S/C23H31N3O4S/c1-16-14-24-21(18(3)22(16)30-5)15-25(4)23(27)19-9-11-20(12-10-19)31(28,29)26-13-7-6-8-17(26)2/h9-12,14,17H,6-8,13,15H2,1-5H3. The lowest BCUT2D eigenvalue weighted by Crippen LogP contribution is -2.41. The zero-order chi connectivity index (χ0) is 22.8. The van der Waals surface area contributed by atoms with Gasteiger partial charge in [0, 0.05) is 42.5 Å². The molecule has 1 atom stereocenters. The van der Waals surface area contributed by atoms with E-state index >= 15 is 0 Å². The van der Waals surface area contributed by atoms with Gasteiger partial charge in [0.05, 0.1) is 24.2 Å². The number of sulfonamides is 1. The number of amides is 1. The molecule has 1 aromatic heterocycles. The Morgan fingerprint density at radius 3 is 2.52 bits per heavy atom. The van der Waals surface area contributed by atoms with Crippen LogP contribution in [0.2, 0.25) is 0 Å². The van der Waals surface area contributed by atoms with E-state index in [1.807, 2.05) is 20.8 Å². The van der Waals surface area contributed by atoms with Crippen LogP contribution in [0, 0.1) is 13.8 Å². The highest BCUT2D eigenvalue weighted by Gasteiger charge is 2.31. The fourth-order valence-corrected chi connectivity index (χ4v) is 5.78. The Morgan fingerprint density at radius 1 is 1.23 bits per heavy atom. The number of piperidine rings is 1. The number of rotatable bonds is 6. The fraction of sp³-hybridized carbons (Fsp3) is 0.478.